The highest BCUT2D eigenvalue weighted by atomic mass is 16.3. The van der Waals surface area contributed by atoms with Crippen molar-refractivity contribution in [3.05, 3.63) is 108 Å². The van der Waals surface area contributed by atoms with Crippen molar-refractivity contribution < 1.29 is 4.42 Å². The Morgan fingerprint density at radius 3 is 2.32 bits per heavy atom. The zero-order valence-corrected chi connectivity index (χ0v) is 24.1. The molecule has 4 aromatic heterocycles. The van der Waals surface area contributed by atoms with Gasteiger partial charge in [-0.05, 0) is 91.8 Å². The van der Waals surface area contributed by atoms with Crippen LogP contribution in [-0.2, 0) is 6.42 Å². The van der Waals surface area contributed by atoms with Gasteiger partial charge in [0.1, 0.15) is 11.4 Å². The average molecular weight is 537 g/mol. The third kappa shape index (κ3) is 4.29. The third-order valence-corrected chi connectivity index (χ3v) is 7.78. The Balaban J connectivity index is 1.49. The van der Waals surface area contributed by atoms with E-state index in [0.717, 1.165) is 62.3 Å². The van der Waals surface area contributed by atoms with Crippen molar-refractivity contribution in [3.8, 4) is 28.2 Å². The second kappa shape index (κ2) is 9.70. The quantitative estimate of drug-likeness (QED) is 0.220. The molecule has 0 amide bonds. The lowest BCUT2D eigenvalue weighted by Crippen LogP contribution is -2.04. The minimum absolute atomic E-state index is 0.525. The van der Waals surface area contributed by atoms with Crippen LogP contribution >= 0.6 is 0 Å². The molecule has 0 aliphatic rings. The van der Waals surface area contributed by atoms with Gasteiger partial charge in [-0.25, -0.2) is 9.97 Å². The third-order valence-electron chi connectivity index (χ3n) is 7.78. The van der Waals surface area contributed by atoms with Crippen LogP contribution in [-0.4, -0.2) is 19.5 Å². The minimum atomic E-state index is 0.525. The maximum atomic E-state index is 6.53. The molecular formula is C36H32N4O. The van der Waals surface area contributed by atoms with Gasteiger partial charge >= 0.3 is 0 Å². The molecule has 0 fully saturated rings. The normalized spacial score (nSPS) is 11.9. The Hall–Kier alpha value is -4.77. The van der Waals surface area contributed by atoms with E-state index < -0.39 is 0 Å². The monoisotopic (exact) mass is 536 g/mol. The van der Waals surface area contributed by atoms with Gasteiger partial charge in [0.05, 0.1) is 28.5 Å². The summed E-state index contributed by atoms with van der Waals surface area (Å²) in [4.78, 5) is 14.7. The van der Waals surface area contributed by atoms with Crippen LogP contribution in [0.5, 0.6) is 0 Å². The van der Waals surface area contributed by atoms with E-state index in [0.29, 0.717) is 11.6 Å². The molecule has 41 heavy (non-hydrogen) atoms. The summed E-state index contributed by atoms with van der Waals surface area (Å²) in [6.45, 7) is 10.8. The Morgan fingerprint density at radius 1 is 0.780 bits per heavy atom. The van der Waals surface area contributed by atoms with Crippen molar-refractivity contribution in [2.45, 2.75) is 41.0 Å². The van der Waals surface area contributed by atoms with E-state index in [9.17, 15) is 0 Å². The minimum Gasteiger partial charge on any atom is -0.437 e. The zero-order valence-electron chi connectivity index (χ0n) is 24.1. The van der Waals surface area contributed by atoms with E-state index >= 15 is 0 Å². The second-order valence-electron chi connectivity index (χ2n) is 11.4. The second-order valence-corrected chi connectivity index (χ2v) is 11.4. The van der Waals surface area contributed by atoms with Gasteiger partial charge in [0, 0.05) is 22.2 Å². The molecule has 0 saturated heterocycles. The van der Waals surface area contributed by atoms with Gasteiger partial charge in [0.25, 0.3) is 0 Å². The molecule has 202 valence electrons. The highest BCUT2D eigenvalue weighted by Gasteiger charge is 2.22. The fourth-order valence-corrected chi connectivity index (χ4v) is 6.02. The molecule has 0 N–H and O–H groups in total. The van der Waals surface area contributed by atoms with Gasteiger partial charge in [-0.3, -0.25) is 9.55 Å². The topological polar surface area (TPSA) is 56.7 Å². The van der Waals surface area contributed by atoms with Crippen molar-refractivity contribution in [1.82, 2.24) is 19.5 Å². The van der Waals surface area contributed by atoms with Crippen LogP contribution in [0.15, 0.2) is 89.5 Å². The first-order valence-corrected chi connectivity index (χ1v) is 14.2. The van der Waals surface area contributed by atoms with E-state index in [4.69, 9.17) is 14.4 Å². The van der Waals surface area contributed by atoms with Crippen molar-refractivity contribution in [3.63, 3.8) is 0 Å². The van der Waals surface area contributed by atoms with Gasteiger partial charge in [0.15, 0.2) is 0 Å². The number of benzene rings is 3. The molecule has 0 radical (unpaired) electrons. The SMILES string of the molecule is Cc1cc2nc(-c3cccc4c3oc3nc(CC(C)C)ccc34)n(-c3c(C)cc(-c4ccccc4)cc3C)c2cn1. The summed E-state index contributed by atoms with van der Waals surface area (Å²) in [5.74, 6) is 1.36. The van der Waals surface area contributed by atoms with Crippen molar-refractivity contribution >= 4 is 33.1 Å². The van der Waals surface area contributed by atoms with Crippen LogP contribution in [0.2, 0.25) is 0 Å². The van der Waals surface area contributed by atoms with Crippen molar-refractivity contribution in [2.24, 2.45) is 5.92 Å². The molecular weight excluding hydrogens is 504 g/mol. The zero-order chi connectivity index (χ0) is 28.2. The summed E-state index contributed by atoms with van der Waals surface area (Å²) in [6.07, 6.45) is 2.85. The number of fused-ring (bicyclic) bond motifs is 4. The van der Waals surface area contributed by atoms with Gasteiger partial charge in [-0.1, -0.05) is 56.3 Å². The summed E-state index contributed by atoms with van der Waals surface area (Å²) >= 11 is 0. The molecule has 0 saturated carbocycles. The molecule has 0 bridgehead atoms. The molecule has 0 atom stereocenters. The van der Waals surface area contributed by atoms with Crippen LogP contribution in [0, 0.1) is 26.7 Å². The van der Waals surface area contributed by atoms with E-state index in [2.05, 4.69) is 116 Å². The highest BCUT2D eigenvalue weighted by molar-refractivity contribution is 6.08. The average Bonchev–Trinajstić information content (AvgIpc) is 3.50. The lowest BCUT2D eigenvalue weighted by atomic mass is 9.98. The molecule has 7 rings (SSSR count). The Labute approximate surface area is 239 Å². The number of aryl methyl sites for hydroxylation is 3. The number of pyridine rings is 2. The number of para-hydroxylation sites is 1. The van der Waals surface area contributed by atoms with Crippen molar-refractivity contribution in [1.29, 1.82) is 0 Å². The molecule has 7 aromatic rings. The number of nitrogens with zero attached hydrogens (tertiary/aromatic N) is 4. The summed E-state index contributed by atoms with van der Waals surface area (Å²) in [5.41, 5.74) is 12.1. The summed E-state index contributed by atoms with van der Waals surface area (Å²) in [6, 6.07) is 27.6. The first kappa shape index (κ1) is 25.2. The molecule has 5 heteroatoms. The van der Waals surface area contributed by atoms with Gasteiger partial charge in [-0.15, -0.1) is 0 Å². The molecule has 0 aliphatic carbocycles. The largest absolute Gasteiger partial charge is 0.437 e. The van der Waals surface area contributed by atoms with Crippen LogP contribution < -0.4 is 0 Å². The Kier molecular flexibility index (Phi) is 5.97. The molecule has 5 nitrogen and oxygen atoms in total. The van der Waals surface area contributed by atoms with Crippen LogP contribution in [0.3, 0.4) is 0 Å². The van der Waals surface area contributed by atoms with Crippen LogP contribution in [0.1, 0.15) is 36.4 Å². The van der Waals surface area contributed by atoms with E-state index in [1.165, 1.54) is 22.3 Å². The smallest absolute Gasteiger partial charge is 0.227 e. The first-order valence-electron chi connectivity index (χ1n) is 14.2. The van der Waals surface area contributed by atoms with E-state index in [1.807, 2.05) is 13.1 Å². The lowest BCUT2D eigenvalue weighted by molar-refractivity contribution is 0.621. The molecule has 4 heterocycles. The molecule has 0 aliphatic heterocycles. The first-order chi connectivity index (χ1) is 19.9. The number of hydrogen-bond acceptors (Lipinski definition) is 4. The molecule has 3 aromatic carbocycles. The summed E-state index contributed by atoms with van der Waals surface area (Å²) < 4.78 is 8.78. The van der Waals surface area contributed by atoms with Gasteiger partial charge < -0.3 is 4.42 Å². The summed E-state index contributed by atoms with van der Waals surface area (Å²) in [7, 11) is 0. The predicted octanol–water partition coefficient (Wildman–Crippen LogP) is 9.17. The van der Waals surface area contributed by atoms with Crippen LogP contribution in [0.25, 0.3) is 61.3 Å². The van der Waals surface area contributed by atoms with Crippen molar-refractivity contribution in [2.75, 3.05) is 0 Å². The number of imidazole rings is 1. The molecule has 0 unspecified atom stereocenters. The Morgan fingerprint density at radius 2 is 1.56 bits per heavy atom. The fourth-order valence-electron chi connectivity index (χ4n) is 6.02. The van der Waals surface area contributed by atoms with Crippen LogP contribution in [0.4, 0.5) is 0 Å². The fraction of sp³-hybridized carbons (Fsp3) is 0.194. The maximum absolute atomic E-state index is 6.53. The number of hydrogen-bond donors (Lipinski definition) is 0. The van der Waals surface area contributed by atoms with E-state index in [1.54, 1.807) is 0 Å². The number of rotatable bonds is 5. The maximum Gasteiger partial charge on any atom is 0.227 e. The predicted molar refractivity (Wildman–Crippen MR) is 168 cm³/mol. The summed E-state index contributed by atoms with van der Waals surface area (Å²) in [5, 5.41) is 2.07. The Bertz CT molecular complexity index is 2060. The highest BCUT2D eigenvalue weighted by Crippen LogP contribution is 2.39. The number of aromatic nitrogens is 4. The van der Waals surface area contributed by atoms with Gasteiger partial charge in [0.2, 0.25) is 5.71 Å². The number of furan rings is 1. The lowest BCUT2D eigenvalue weighted by Gasteiger charge is -2.17. The standard InChI is InChI=1S/C36H32N4O/c1-21(2)16-27-14-15-29-28-12-9-13-30(34(28)41-36(29)38-27)35-39-31-19-24(5)37-20-32(31)40(35)33-22(3)17-26(18-23(33)4)25-10-7-6-8-11-25/h6-15,17-21H,16H2,1-5H3. The van der Waals surface area contributed by atoms with E-state index in [-0.39, 0.29) is 0 Å². The molecule has 0 spiro atoms. The van der Waals surface area contributed by atoms with Gasteiger partial charge in [-0.2, -0.15) is 0 Å².